The summed E-state index contributed by atoms with van der Waals surface area (Å²) in [5.41, 5.74) is 8.16. The van der Waals surface area contributed by atoms with Crippen molar-refractivity contribution in [3.8, 4) is 5.75 Å². The summed E-state index contributed by atoms with van der Waals surface area (Å²) in [6.45, 7) is 9.26. The molecule has 0 aliphatic rings. The van der Waals surface area contributed by atoms with E-state index in [1.54, 1.807) is 0 Å². The van der Waals surface area contributed by atoms with Crippen molar-refractivity contribution in [1.82, 2.24) is 0 Å². The highest BCUT2D eigenvalue weighted by atomic mass is 16.5. The first-order chi connectivity index (χ1) is 7.50. The molecule has 0 spiro atoms. The van der Waals surface area contributed by atoms with Crippen LogP contribution in [0.25, 0.3) is 0 Å². The van der Waals surface area contributed by atoms with Crippen LogP contribution in [-0.2, 0) is 0 Å². The molecule has 1 rings (SSSR count). The van der Waals surface area contributed by atoms with E-state index in [1.807, 2.05) is 19.1 Å². The molecule has 1 unspecified atom stereocenters. The van der Waals surface area contributed by atoms with E-state index in [9.17, 15) is 0 Å². The lowest BCUT2D eigenvalue weighted by Crippen LogP contribution is -2.06. The highest BCUT2D eigenvalue weighted by molar-refractivity contribution is 5.37. The Labute approximate surface area is 98.8 Å². The monoisotopic (exact) mass is 221 g/mol. The van der Waals surface area contributed by atoms with Gasteiger partial charge in [0.25, 0.3) is 0 Å². The highest BCUT2D eigenvalue weighted by Gasteiger charge is 2.04. The van der Waals surface area contributed by atoms with Gasteiger partial charge >= 0.3 is 0 Å². The zero-order valence-corrected chi connectivity index (χ0v) is 10.8. The fourth-order valence-corrected chi connectivity index (χ4v) is 1.52. The minimum Gasteiger partial charge on any atom is -0.493 e. The summed E-state index contributed by atoms with van der Waals surface area (Å²) in [5, 5.41) is 0. The van der Waals surface area contributed by atoms with Crippen LogP contribution in [-0.4, -0.2) is 6.61 Å². The maximum absolute atomic E-state index is 5.83. The fourth-order valence-electron chi connectivity index (χ4n) is 1.52. The van der Waals surface area contributed by atoms with Gasteiger partial charge in [-0.05, 0) is 43.4 Å². The van der Waals surface area contributed by atoms with Gasteiger partial charge in [-0.2, -0.15) is 0 Å². The Morgan fingerprint density at radius 1 is 1.25 bits per heavy atom. The lowest BCUT2D eigenvalue weighted by atomic mass is 10.1. The van der Waals surface area contributed by atoms with Crippen molar-refractivity contribution in [1.29, 1.82) is 0 Å². The van der Waals surface area contributed by atoms with Crippen LogP contribution in [0.5, 0.6) is 5.75 Å². The molecule has 2 nitrogen and oxygen atoms in total. The van der Waals surface area contributed by atoms with E-state index in [0.717, 1.165) is 24.3 Å². The molecule has 1 atom stereocenters. The normalized spacial score (nSPS) is 12.9. The number of aryl methyl sites for hydroxylation is 1. The molecule has 0 bridgehead atoms. The molecule has 0 aromatic heterocycles. The average molecular weight is 221 g/mol. The van der Waals surface area contributed by atoms with Gasteiger partial charge in [0.1, 0.15) is 5.75 Å². The number of hydrogen-bond acceptors (Lipinski definition) is 2. The SMILES string of the molecule is Cc1cc(C(C)N)ccc1OCCC(C)C. The summed E-state index contributed by atoms with van der Waals surface area (Å²) in [6, 6.07) is 6.26. The Balaban J connectivity index is 2.61. The standard InChI is InChI=1S/C14H23NO/c1-10(2)7-8-16-14-6-5-13(12(4)15)9-11(14)3/h5-6,9-10,12H,7-8,15H2,1-4H3. The van der Waals surface area contributed by atoms with Crippen LogP contribution in [0, 0.1) is 12.8 Å². The Bertz CT molecular complexity index is 332. The van der Waals surface area contributed by atoms with Crippen LogP contribution in [0.3, 0.4) is 0 Å². The van der Waals surface area contributed by atoms with Gasteiger partial charge in [0.15, 0.2) is 0 Å². The van der Waals surface area contributed by atoms with E-state index < -0.39 is 0 Å². The maximum atomic E-state index is 5.83. The van der Waals surface area contributed by atoms with Crippen molar-refractivity contribution in [2.75, 3.05) is 6.61 Å². The number of hydrogen-bond donors (Lipinski definition) is 1. The van der Waals surface area contributed by atoms with Gasteiger partial charge in [0.05, 0.1) is 6.61 Å². The Kier molecular flexibility index (Phi) is 4.81. The summed E-state index contributed by atoms with van der Waals surface area (Å²) in [5.74, 6) is 1.66. The molecule has 0 aliphatic carbocycles. The second-order valence-electron chi connectivity index (χ2n) is 4.84. The van der Waals surface area contributed by atoms with E-state index in [-0.39, 0.29) is 6.04 Å². The summed E-state index contributed by atoms with van der Waals surface area (Å²) in [6.07, 6.45) is 1.09. The van der Waals surface area contributed by atoms with Gasteiger partial charge in [-0.3, -0.25) is 0 Å². The maximum Gasteiger partial charge on any atom is 0.122 e. The Morgan fingerprint density at radius 2 is 1.94 bits per heavy atom. The second-order valence-corrected chi connectivity index (χ2v) is 4.84. The molecular formula is C14H23NO. The quantitative estimate of drug-likeness (QED) is 0.826. The third kappa shape index (κ3) is 3.86. The van der Waals surface area contributed by atoms with Crippen LogP contribution >= 0.6 is 0 Å². The summed E-state index contributed by atoms with van der Waals surface area (Å²) in [4.78, 5) is 0. The average Bonchev–Trinajstić information content (AvgIpc) is 2.19. The predicted octanol–water partition coefficient (Wildman–Crippen LogP) is 3.44. The third-order valence-corrected chi connectivity index (χ3v) is 2.68. The van der Waals surface area contributed by atoms with Crippen LogP contribution in [0.4, 0.5) is 0 Å². The van der Waals surface area contributed by atoms with Crippen LogP contribution in [0.1, 0.15) is 44.4 Å². The smallest absolute Gasteiger partial charge is 0.122 e. The van der Waals surface area contributed by atoms with E-state index >= 15 is 0 Å². The van der Waals surface area contributed by atoms with Crippen molar-refractivity contribution < 1.29 is 4.74 Å². The van der Waals surface area contributed by atoms with Crippen molar-refractivity contribution >= 4 is 0 Å². The molecule has 90 valence electrons. The highest BCUT2D eigenvalue weighted by Crippen LogP contribution is 2.22. The molecule has 0 radical (unpaired) electrons. The van der Waals surface area contributed by atoms with E-state index in [2.05, 4.69) is 26.8 Å². The zero-order valence-electron chi connectivity index (χ0n) is 10.8. The number of rotatable bonds is 5. The van der Waals surface area contributed by atoms with E-state index in [1.165, 1.54) is 5.56 Å². The van der Waals surface area contributed by atoms with Gasteiger partial charge in [-0.15, -0.1) is 0 Å². The minimum absolute atomic E-state index is 0.0865. The number of ether oxygens (including phenoxy) is 1. The summed E-state index contributed by atoms with van der Waals surface area (Å²) >= 11 is 0. The molecular weight excluding hydrogens is 198 g/mol. The minimum atomic E-state index is 0.0865. The molecule has 0 saturated heterocycles. The molecule has 1 aromatic carbocycles. The van der Waals surface area contributed by atoms with Gasteiger partial charge < -0.3 is 10.5 Å². The summed E-state index contributed by atoms with van der Waals surface area (Å²) in [7, 11) is 0. The molecule has 0 heterocycles. The topological polar surface area (TPSA) is 35.2 Å². The molecule has 0 saturated carbocycles. The van der Waals surface area contributed by atoms with E-state index in [0.29, 0.717) is 5.92 Å². The van der Waals surface area contributed by atoms with Crippen molar-refractivity contribution in [3.05, 3.63) is 29.3 Å². The van der Waals surface area contributed by atoms with Crippen molar-refractivity contribution in [2.45, 2.75) is 40.2 Å². The summed E-state index contributed by atoms with van der Waals surface area (Å²) < 4.78 is 5.74. The molecule has 2 heteroatoms. The second kappa shape index (κ2) is 5.90. The first-order valence-electron chi connectivity index (χ1n) is 5.99. The predicted molar refractivity (Wildman–Crippen MR) is 68.7 cm³/mol. The Morgan fingerprint density at radius 3 is 2.44 bits per heavy atom. The van der Waals surface area contributed by atoms with Gasteiger partial charge in [0.2, 0.25) is 0 Å². The van der Waals surface area contributed by atoms with Gasteiger partial charge in [0, 0.05) is 6.04 Å². The fraction of sp³-hybridized carbons (Fsp3) is 0.571. The van der Waals surface area contributed by atoms with Crippen LogP contribution < -0.4 is 10.5 Å². The van der Waals surface area contributed by atoms with E-state index in [4.69, 9.17) is 10.5 Å². The van der Waals surface area contributed by atoms with Crippen molar-refractivity contribution in [3.63, 3.8) is 0 Å². The molecule has 1 aromatic rings. The molecule has 0 aliphatic heterocycles. The largest absolute Gasteiger partial charge is 0.493 e. The molecule has 0 amide bonds. The third-order valence-electron chi connectivity index (χ3n) is 2.68. The van der Waals surface area contributed by atoms with Crippen molar-refractivity contribution in [2.24, 2.45) is 11.7 Å². The first-order valence-corrected chi connectivity index (χ1v) is 5.99. The van der Waals surface area contributed by atoms with Crippen LogP contribution in [0.2, 0.25) is 0 Å². The van der Waals surface area contributed by atoms with Gasteiger partial charge in [-0.25, -0.2) is 0 Å². The zero-order chi connectivity index (χ0) is 12.1. The lowest BCUT2D eigenvalue weighted by molar-refractivity contribution is 0.287. The number of benzene rings is 1. The Hall–Kier alpha value is -1.02. The number of nitrogens with two attached hydrogens (primary N) is 1. The van der Waals surface area contributed by atoms with Gasteiger partial charge in [-0.1, -0.05) is 26.0 Å². The molecule has 2 N–H and O–H groups in total. The van der Waals surface area contributed by atoms with Crippen LogP contribution in [0.15, 0.2) is 18.2 Å². The first kappa shape index (κ1) is 13.0. The molecule has 16 heavy (non-hydrogen) atoms. The molecule has 0 fully saturated rings. The lowest BCUT2D eigenvalue weighted by Gasteiger charge is -2.13.